The van der Waals surface area contributed by atoms with Gasteiger partial charge in [0.15, 0.2) is 5.82 Å². The molecule has 0 spiro atoms. The van der Waals surface area contributed by atoms with Gasteiger partial charge in [-0.2, -0.15) is 5.10 Å². The highest BCUT2D eigenvalue weighted by Gasteiger charge is 1.98. The van der Waals surface area contributed by atoms with E-state index in [1.165, 1.54) is 6.20 Å². The fourth-order valence-electron chi connectivity index (χ4n) is 0.901. The normalized spacial score (nSPS) is 13.6. The molecule has 2 rings (SSSR count). The van der Waals surface area contributed by atoms with Crippen molar-refractivity contribution in [2.75, 3.05) is 5.43 Å². The Morgan fingerprint density at radius 2 is 2.15 bits per heavy atom. The molecule has 1 aromatic carbocycles. The zero-order chi connectivity index (χ0) is 11.9. The monoisotopic (exact) mass is 200 g/mol. The van der Waals surface area contributed by atoms with Crippen LogP contribution in [0.25, 0.3) is 10.8 Å². The Balaban J connectivity index is 0.00000144. The number of anilines is 1. The molecular weight excluding hydrogens is 188 g/mol. The van der Waals surface area contributed by atoms with Gasteiger partial charge in [0, 0.05) is 10.8 Å². The summed E-state index contributed by atoms with van der Waals surface area (Å²) in [6.45, 7) is 0. The lowest BCUT2D eigenvalue weighted by molar-refractivity contribution is 1.04. The van der Waals surface area contributed by atoms with Crippen LogP contribution in [0.1, 0.15) is 5.48 Å². The number of aromatic nitrogens is 2. The molecule has 0 radical (unpaired) electrons. The molecule has 2 aromatic rings. The van der Waals surface area contributed by atoms with Crippen molar-refractivity contribution in [1.29, 1.82) is 0 Å². The molecule has 4 nitrogen and oxygen atoms in total. The predicted octanol–water partition coefficient (Wildman–Crippen LogP) is 1.34. The Bertz CT molecular complexity index is 577. The number of hydrogen-bond donors (Lipinski definition) is 2. The Hall–Kier alpha value is -1.39. The zero-order valence-electron chi connectivity index (χ0n) is 10.5. The van der Waals surface area contributed by atoms with Crippen LogP contribution in [0, 0.1) is 0 Å². The van der Waals surface area contributed by atoms with Crippen LogP contribution in [0.2, 0.25) is 0 Å². The van der Waals surface area contributed by atoms with Gasteiger partial charge in [0.1, 0.15) is 0 Å². The molecule has 3 N–H and O–H groups in total. The first-order valence-electron chi connectivity index (χ1n) is 5.26. The Kier molecular flexibility index (Phi) is 1.66. The van der Waals surface area contributed by atoms with E-state index in [2.05, 4.69) is 15.6 Å². The van der Waals surface area contributed by atoms with Gasteiger partial charge in [0.2, 0.25) is 0 Å². The van der Waals surface area contributed by atoms with Gasteiger partial charge >= 0.3 is 0 Å². The highest BCUT2D eigenvalue weighted by Crippen LogP contribution is 2.17. The average molecular weight is 201 g/mol. The second-order valence-electron chi connectivity index (χ2n) is 2.13. The first kappa shape index (κ1) is 5.36. The zero-order valence-corrected chi connectivity index (χ0v) is 7.27. The number of benzene rings is 1. The quantitative estimate of drug-likeness (QED) is 0.539. The van der Waals surface area contributed by atoms with E-state index in [-0.39, 0.29) is 53.2 Å². The number of nitrogen functional groups attached to an aromatic ring is 1. The van der Waals surface area contributed by atoms with Crippen molar-refractivity contribution in [3.05, 3.63) is 30.4 Å². The van der Waals surface area contributed by atoms with Crippen LogP contribution in [-0.4, -0.2) is 10.2 Å². The molecule has 0 aliphatic carbocycles. The fourth-order valence-corrected chi connectivity index (χ4v) is 0.901. The van der Waals surface area contributed by atoms with E-state index in [0.717, 1.165) is 0 Å². The third-order valence-electron chi connectivity index (χ3n) is 1.43. The van der Waals surface area contributed by atoms with Crippen molar-refractivity contribution in [3.63, 3.8) is 0 Å². The third kappa shape index (κ3) is 1.68. The molecule has 0 bridgehead atoms. The smallest absolute Gasteiger partial charge is 0.170 e. The van der Waals surface area contributed by atoms with Gasteiger partial charge in [0.05, 0.1) is 11.7 Å². The fraction of sp³-hybridized carbons (Fsp3) is 0. The van der Waals surface area contributed by atoms with Gasteiger partial charge in [-0.1, -0.05) is 24.2 Å². The van der Waals surface area contributed by atoms with Crippen LogP contribution >= 0.6 is 12.4 Å². The minimum Gasteiger partial charge on any atom is -0.306 e. The van der Waals surface area contributed by atoms with Crippen molar-refractivity contribution in [2.45, 2.75) is 0 Å². The summed E-state index contributed by atoms with van der Waals surface area (Å²) in [5.41, 5.74) is 2.26. The van der Waals surface area contributed by atoms with E-state index >= 15 is 0 Å². The summed E-state index contributed by atoms with van der Waals surface area (Å²) in [5, 5.41) is 7.81. The lowest BCUT2D eigenvalue weighted by Gasteiger charge is -2.01. The number of halogens is 1. The minimum absolute atomic E-state index is 0. The molecule has 5 heteroatoms. The van der Waals surface area contributed by atoms with Crippen molar-refractivity contribution < 1.29 is 5.48 Å². The summed E-state index contributed by atoms with van der Waals surface area (Å²) < 4.78 is 30.4. The van der Waals surface area contributed by atoms with Crippen LogP contribution in [0.5, 0.6) is 0 Å². The van der Waals surface area contributed by atoms with Gasteiger partial charge < -0.3 is 5.43 Å². The Morgan fingerprint density at radius 3 is 2.92 bits per heavy atom. The SMILES string of the molecule is Cl.[2H]c1c([2H])c([2H])c2c(NN)nncc2c1[2H]. The van der Waals surface area contributed by atoms with E-state index in [4.69, 9.17) is 11.3 Å². The predicted molar refractivity (Wildman–Crippen MR) is 54.6 cm³/mol. The van der Waals surface area contributed by atoms with Crippen molar-refractivity contribution >= 4 is 29.0 Å². The second-order valence-corrected chi connectivity index (χ2v) is 2.13. The molecule has 13 heavy (non-hydrogen) atoms. The number of fused-ring (bicyclic) bond motifs is 1. The van der Waals surface area contributed by atoms with Gasteiger partial charge in [0.25, 0.3) is 0 Å². The molecule has 0 saturated heterocycles. The maximum Gasteiger partial charge on any atom is 0.170 e. The maximum absolute atomic E-state index is 7.72. The molecule has 68 valence electrons. The summed E-state index contributed by atoms with van der Waals surface area (Å²) in [5.74, 6) is 5.35. The highest BCUT2D eigenvalue weighted by molar-refractivity contribution is 5.90. The summed E-state index contributed by atoms with van der Waals surface area (Å²) in [7, 11) is 0. The average Bonchev–Trinajstić information content (AvgIpc) is 2.32. The first-order chi connectivity index (χ1) is 7.57. The topological polar surface area (TPSA) is 63.8 Å². The summed E-state index contributed by atoms with van der Waals surface area (Å²) in [4.78, 5) is 0. The lowest BCUT2D eigenvalue weighted by atomic mass is 10.2. The molecule has 1 heterocycles. The lowest BCUT2D eigenvalue weighted by Crippen LogP contribution is -2.09. The number of hydrazine groups is 1. The molecular formula is C8H9ClN4. The molecule has 0 saturated carbocycles. The van der Waals surface area contributed by atoms with Gasteiger partial charge in [-0.05, 0) is 0 Å². The molecule has 0 atom stereocenters. The van der Waals surface area contributed by atoms with E-state index in [9.17, 15) is 0 Å². The van der Waals surface area contributed by atoms with E-state index in [0.29, 0.717) is 0 Å². The molecule has 1 aromatic heterocycles. The van der Waals surface area contributed by atoms with E-state index in [1.807, 2.05) is 0 Å². The van der Waals surface area contributed by atoms with E-state index in [1.54, 1.807) is 0 Å². The summed E-state index contributed by atoms with van der Waals surface area (Å²) >= 11 is 0. The number of hydrogen-bond acceptors (Lipinski definition) is 4. The number of rotatable bonds is 1. The summed E-state index contributed by atoms with van der Waals surface area (Å²) in [6.07, 6.45) is 1.29. The van der Waals surface area contributed by atoms with Crippen LogP contribution in [0.15, 0.2) is 30.4 Å². The van der Waals surface area contributed by atoms with Gasteiger partial charge in [-0.15, -0.1) is 17.5 Å². The standard InChI is InChI=1S/C8H8N4.ClH/c9-11-8-7-4-2-1-3-6(7)5-10-12-8;/h1-5H,9H2,(H,11,12);1H/i1D,2D,3D,4D;. The molecule has 0 aliphatic heterocycles. The van der Waals surface area contributed by atoms with E-state index < -0.39 is 0 Å². The summed E-state index contributed by atoms with van der Waals surface area (Å²) in [6, 6.07) is -0.947. The number of nitrogens with one attached hydrogen (secondary N) is 1. The van der Waals surface area contributed by atoms with Gasteiger partial charge in [-0.25, -0.2) is 5.84 Å². The van der Waals surface area contributed by atoms with Crippen molar-refractivity contribution in [3.8, 4) is 0 Å². The van der Waals surface area contributed by atoms with Crippen molar-refractivity contribution in [1.82, 2.24) is 10.2 Å². The third-order valence-corrected chi connectivity index (χ3v) is 1.43. The first-order valence-corrected chi connectivity index (χ1v) is 3.26. The minimum atomic E-state index is -0.318. The molecule has 0 amide bonds. The largest absolute Gasteiger partial charge is 0.306 e. The van der Waals surface area contributed by atoms with Crippen molar-refractivity contribution in [2.24, 2.45) is 5.84 Å². The number of nitrogens with two attached hydrogens (primary N) is 1. The second kappa shape index (κ2) is 4.02. The highest BCUT2D eigenvalue weighted by atomic mass is 35.5. The van der Waals surface area contributed by atoms with Gasteiger partial charge in [-0.3, -0.25) is 0 Å². The molecule has 0 aliphatic rings. The van der Waals surface area contributed by atoms with Crippen LogP contribution < -0.4 is 11.3 Å². The van der Waals surface area contributed by atoms with Crippen LogP contribution in [0.4, 0.5) is 5.82 Å². The van der Waals surface area contributed by atoms with Crippen LogP contribution in [-0.2, 0) is 0 Å². The molecule has 0 fully saturated rings. The Labute approximate surface area is 87.2 Å². The maximum atomic E-state index is 7.72. The number of nitrogens with zero attached hydrogens (tertiary/aromatic N) is 2. The molecule has 0 unspecified atom stereocenters. The van der Waals surface area contributed by atoms with Crippen LogP contribution in [0.3, 0.4) is 0 Å². The Morgan fingerprint density at radius 1 is 1.38 bits per heavy atom.